The van der Waals surface area contributed by atoms with Crippen molar-refractivity contribution >= 4 is 22.8 Å². The number of piperidine rings is 1. The second-order valence-corrected chi connectivity index (χ2v) is 6.55. The van der Waals surface area contributed by atoms with Gasteiger partial charge in [-0.15, -0.1) is 0 Å². The van der Waals surface area contributed by atoms with Gasteiger partial charge < -0.3 is 19.2 Å². The van der Waals surface area contributed by atoms with Crippen LogP contribution in [0.2, 0.25) is 0 Å². The average Bonchev–Trinajstić information content (AvgIpc) is 2.64. The van der Waals surface area contributed by atoms with Gasteiger partial charge in [-0.1, -0.05) is 0 Å². The molecule has 7 nitrogen and oxygen atoms in total. The highest BCUT2D eigenvalue weighted by Gasteiger charge is 2.29. The highest BCUT2D eigenvalue weighted by molar-refractivity contribution is 5.85. The molecule has 0 bridgehead atoms. The van der Waals surface area contributed by atoms with E-state index in [0.717, 1.165) is 5.39 Å². The quantitative estimate of drug-likeness (QED) is 0.839. The summed E-state index contributed by atoms with van der Waals surface area (Å²) in [4.78, 5) is 37.7. The fourth-order valence-corrected chi connectivity index (χ4v) is 3.37. The normalized spacial score (nSPS) is 17.3. The molecule has 1 N–H and O–H groups in total. The number of benzene rings is 1. The summed E-state index contributed by atoms with van der Waals surface area (Å²) in [5, 5.41) is 9.91. The zero-order valence-electron chi connectivity index (χ0n) is 14.8. The Bertz CT molecular complexity index is 916. The number of hydrogen-bond acceptors (Lipinski definition) is 5. The third-order valence-corrected chi connectivity index (χ3v) is 4.95. The van der Waals surface area contributed by atoms with Crippen LogP contribution in [0, 0.1) is 12.8 Å². The molecule has 0 unspecified atom stereocenters. The van der Waals surface area contributed by atoms with E-state index in [0.29, 0.717) is 41.8 Å². The van der Waals surface area contributed by atoms with Crippen LogP contribution >= 0.6 is 0 Å². The molecule has 0 spiro atoms. The van der Waals surface area contributed by atoms with Gasteiger partial charge >= 0.3 is 11.6 Å². The minimum Gasteiger partial charge on any atom is -0.497 e. The van der Waals surface area contributed by atoms with Crippen molar-refractivity contribution < 1.29 is 23.8 Å². The summed E-state index contributed by atoms with van der Waals surface area (Å²) in [6.45, 7) is 2.48. The molecular formula is C19H21NO6. The van der Waals surface area contributed by atoms with Crippen molar-refractivity contribution in [3.63, 3.8) is 0 Å². The fourth-order valence-electron chi connectivity index (χ4n) is 3.37. The highest BCUT2D eigenvalue weighted by atomic mass is 16.5. The Hall–Kier alpha value is -2.83. The number of carbonyl (C=O) groups excluding carboxylic acids is 1. The van der Waals surface area contributed by atoms with E-state index in [2.05, 4.69) is 0 Å². The molecule has 1 saturated heterocycles. The Morgan fingerprint density at radius 2 is 2.15 bits per heavy atom. The van der Waals surface area contributed by atoms with Gasteiger partial charge in [-0.2, -0.15) is 0 Å². The topological polar surface area (TPSA) is 97.0 Å². The van der Waals surface area contributed by atoms with Crippen LogP contribution in [0.1, 0.15) is 24.0 Å². The zero-order chi connectivity index (χ0) is 18.8. The molecular weight excluding hydrogens is 338 g/mol. The molecule has 7 heteroatoms. The molecule has 1 aromatic heterocycles. The Morgan fingerprint density at radius 1 is 1.38 bits per heavy atom. The first kappa shape index (κ1) is 18.0. The number of rotatable bonds is 4. The van der Waals surface area contributed by atoms with Gasteiger partial charge in [-0.3, -0.25) is 9.59 Å². The molecule has 0 radical (unpaired) electrons. The van der Waals surface area contributed by atoms with E-state index in [9.17, 15) is 14.4 Å². The summed E-state index contributed by atoms with van der Waals surface area (Å²) in [5.74, 6) is -1.11. The van der Waals surface area contributed by atoms with Gasteiger partial charge in [-0.25, -0.2) is 4.79 Å². The molecule has 0 aliphatic carbocycles. The van der Waals surface area contributed by atoms with Crippen LogP contribution < -0.4 is 10.4 Å². The van der Waals surface area contributed by atoms with Crippen molar-refractivity contribution in [2.24, 2.45) is 5.92 Å². The van der Waals surface area contributed by atoms with Crippen molar-refractivity contribution in [3.8, 4) is 5.75 Å². The summed E-state index contributed by atoms with van der Waals surface area (Å²) < 4.78 is 10.5. The minimum atomic E-state index is -0.891. The van der Waals surface area contributed by atoms with Crippen LogP contribution in [0.5, 0.6) is 5.75 Å². The summed E-state index contributed by atoms with van der Waals surface area (Å²) >= 11 is 0. The van der Waals surface area contributed by atoms with Gasteiger partial charge in [0.2, 0.25) is 5.91 Å². The number of fused-ring (bicyclic) bond motifs is 1. The number of nitrogens with zero attached hydrogens (tertiary/aromatic N) is 1. The van der Waals surface area contributed by atoms with Crippen molar-refractivity contribution in [1.29, 1.82) is 0 Å². The molecule has 1 aromatic carbocycles. The van der Waals surface area contributed by atoms with Gasteiger partial charge in [0.05, 0.1) is 25.0 Å². The first-order valence-electron chi connectivity index (χ1n) is 8.51. The maximum atomic E-state index is 12.6. The monoisotopic (exact) mass is 359 g/mol. The number of aryl methyl sites for hydroxylation is 1. The zero-order valence-corrected chi connectivity index (χ0v) is 14.8. The van der Waals surface area contributed by atoms with Crippen LogP contribution in [0.4, 0.5) is 0 Å². The van der Waals surface area contributed by atoms with Crippen molar-refractivity contribution in [1.82, 2.24) is 4.90 Å². The molecule has 138 valence electrons. The average molecular weight is 359 g/mol. The molecule has 1 amide bonds. The molecule has 1 atom stereocenters. The third kappa shape index (κ3) is 3.42. The Morgan fingerprint density at radius 3 is 2.85 bits per heavy atom. The first-order chi connectivity index (χ1) is 12.4. The maximum Gasteiger partial charge on any atom is 0.340 e. The molecule has 2 heterocycles. The van der Waals surface area contributed by atoms with Gasteiger partial charge in [-0.05, 0) is 37.5 Å². The molecule has 3 rings (SSSR count). The lowest BCUT2D eigenvalue weighted by molar-refractivity contribution is -0.145. The van der Waals surface area contributed by atoms with E-state index in [4.69, 9.17) is 14.3 Å². The third-order valence-electron chi connectivity index (χ3n) is 4.95. The summed E-state index contributed by atoms with van der Waals surface area (Å²) in [5.41, 5.74) is 0.861. The lowest BCUT2D eigenvalue weighted by Gasteiger charge is -2.30. The van der Waals surface area contributed by atoms with Crippen molar-refractivity contribution in [3.05, 3.63) is 39.7 Å². The summed E-state index contributed by atoms with van der Waals surface area (Å²) in [6.07, 6.45) is 1.12. The van der Waals surface area contributed by atoms with Crippen LogP contribution in [0.15, 0.2) is 27.4 Å². The van der Waals surface area contributed by atoms with Crippen molar-refractivity contribution in [2.75, 3.05) is 20.2 Å². The smallest absolute Gasteiger partial charge is 0.340 e. The standard InChI is InChI=1S/C19H21NO6/c1-11-14-6-5-13(25-2)8-16(14)26-19(24)15(11)9-17(21)20-7-3-4-12(10-20)18(22)23/h5-6,8,12H,3-4,7,9-10H2,1-2H3,(H,22,23)/t12-/m0/s1. The lowest BCUT2D eigenvalue weighted by Crippen LogP contribution is -2.43. The van der Waals surface area contributed by atoms with Gasteiger partial charge in [0.15, 0.2) is 0 Å². The fraction of sp³-hybridized carbons (Fsp3) is 0.421. The minimum absolute atomic E-state index is 0.0948. The number of amides is 1. The van der Waals surface area contributed by atoms with Gasteiger partial charge in [0.25, 0.3) is 0 Å². The van der Waals surface area contributed by atoms with E-state index >= 15 is 0 Å². The predicted molar refractivity (Wildman–Crippen MR) is 94.4 cm³/mol. The Balaban J connectivity index is 1.87. The highest BCUT2D eigenvalue weighted by Crippen LogP contribution is 2.25. The van der Waals surface area contributed by atoms with E-state index in [1.54, 1.807) is 25.1 Å². The van der Waals surface area contributed by atoms with E-state index in [1.807, 2.05) is 0 Å². The number of carbonyl (C=O) groups is 2. The van der Waals surface area contributed by atoms with Crippen LogP contribution in [0.3, 0.4) is 0 Å². The second kappa shape index (κ2) is 7.19. The molecule has 1 aliphatic heterocycles. The van der Waals surface area contributed by atoms with E-state index in [-0.39, 0.29) is 18.9 Å². The lowest BCUT2D eigenvalue weighted by atomic mass is 9.97. The second-order valence-electron chi connectivity index (χ2n) is 6.55. The number of aliphatic carboxylic acids is 1. The molecule has 26 heavy (non-hydrogen) atoms. The molecule has 2 aromatic rings. The largest absolute Gasteiger partial charge is 0.497 e. The van der Waals surface area contributed by atoms with Gasteiger partial charge in [0.1, 0.15) is 11.3 Å². The first-order valence-corrected chi connectivity index (χ1v) is 8.51. The van der Waals surface area contributed by atoms with Gasteiger partial charge in [0, 0.05) is 24.5 Å². The van der Waals surface area contributed by atoms with Crippen molar-refractivity contribution in [2.45, 2.75) is 26.2 Å². The summed E-state index contributed by atoms with van der Waals surface area (Å²) in [7, 11) is 1.53. The number of ether oxygens (including phenoxy) is 1. The number of methoxy groups -OCH3 is 1. The summed E-state index contributed by atoms with van der Waals surface area (Å²) in [6, 6.07) is 5.20. The Kier molecular flexibility index (Phi) is 4.97. The SMILES string of the molecule is COc1ccc2c(C)c(CC(=O)N3CCC[C@H](C(=O)O)C3)c(=O)oc2c1. The number of carboxylic acids is 1. The molecule has 1 fully saturated rings. The predicted octanol–water partition coefficient (Wildman–Crippen LogP) is 1.98. The van der Waals surface area contributed by atoms with Crippen LogP contribution in [-0.2, 0) is 16.0 Å². The van der Waals surface area contributed by atoms with E-state index < -0.39 is 17.5 Å². The number of hydrogen-bond donors (Lipinski definition) is 1. The van der Waals surface area contributed by atoms with Crippen LogP contribution in [-0.4, -0.2) is 42.1 Å². The molecule has 0 saturated carbocycles. The number of carboxylic acid groups (broad SMARTS) is 1. The number of likely N-dealkylation sites (tertiary alicyclic amines) is 1. The van der Waals surface area contributed by atoms with E-state index in [1.165, 1.54) is 12.0 Å². The van der Waals surface area contributed by atoms with Crippen LogP contribution in [0.25, 0.3) is 11.0 Å². The maximum absolute atomic E-state index is 12.6. The molecule has 1 aliphatic rings. The Labute approximate surface area is 150 Å².